The summed E-state index contributed by atoms with van der Waals surface area (Å²) in [6.07, 6.45) is -2.72. The number of carboxylic acids is 6. The Balaban J connectivity index is -0.000000112. The van der Waals surface area contributed by atoms with Crippen molar-refractivity contribution in [2.24, 2.45) is 0 Å². The van der Waals surface area contributed by atoms with E-state index in [0.717, 1.165) is 0 Å². The molecule has 0 spiro atoms. The van der Waals surface area contributed by atoms with E-state index in [-0.39, 0.29) is 110 Å². The van der Waals surface area contributed by atoms with Gasteiger partial charge in [-0.15, -0.1) is 0 Å². The monoisotopic (exact) mass is 658 g/mol. The van der Waals surface area contributed by atoms with Gasteiger partial charge in [-0.25, -0.2) is 28.8 Å². The van der Waals surface area contributed by atoms with Gasteiger partial charge in [0.25, 0.3) is 0 Å². The van der Waals surface area contributed by atoms with Crippen molar-refractivity contribution >= 4 is 53.7 Å². The normalized spacial score (nSPS) is 8.57. The topological polar surface area (TPSA) is 339 Å². The Labute approximate surface area is 321 Å². The molecule has 0 amide bonds. The number of carbonyl (C=O) groups excluding carboxylic acids is 6. The molecule has 0 heterocycles. The Hall–Kier alpha value is -1.25. The molecular weight excluding hydrogens is 637 g/mol. The van der Waals surface area contributed by atoms with E-state index >= 15 is 0 Å². The number of hydrogen-bond donors (Lipinski definition) is 3. The molecule has 0 unspecified atom stereocenters. The van der Waals surface area contributed by atoms with Crippen LogP contribution in [-0.2, 0) is 72.5 Å². The van der Waals surface area contributed by atoms with Gasteiger partial charge in [-0.3, -0.25) is 14.7 Å². The predicted octanol–water partition coefficient (Wildman–Crippen LogP) is -14.8. The van der Waals surface area contributed by atoms with Gasteiger partial charge in [0.1, 0.15) is 0 Å². The summed E-state index contributed by atoms with van der Waals surface area (Å²) in [5.74, 6) is -10.9. The first-order valence-electron chi connectivity index (χ1n) is 9.78. The Morgan fingerprint density at radius 1 is 0.429 bits per heavy atom. The van der Waals surface area contributed by atoms with E-state index in [2.05, 4.69) is 29.3 Å². The largest absolute Gasteiger partial charge is 1.00 e. The molecule has 0 aromatic heterocycles. The fourth-order valence-electron chi connectivity index (χ4n) is 1.17. The zero-order valence-corrected chi connectivity index (χ0v) is 29.7. The van der Waals surface area contributed by atoms with Crippen molar-refractivity contribution in [3.8, 4) is 0 Å². The van der Waals surface area contributed by atoms with Gasteiger partial charge in [-0.05, 0) is 19.3 Å². The molecule has 24 heteroatoms. The van der Waals surface area contributed by atoms with Gasteiger partial charge in [-0.1, -0.05) is 0 Å². The maximum atomic E-state index is 10.5. The van der Waals surface area contributed by atoms with Gasteiger partial charge in [0.05, 0.1) is 19.3 Å². The van der Waals surface area contributed by atoms with E-state index in [1.54, 1.807) is 0 Å². The Morgan fingerprint density at radius 3 is 0.762 bits per heavy atom. The third-order valence-corrected chi connectivity index (χ3v) is 2.60. The summed E-state index contributed by atoms with van der Waals surface area (Å²) in [6.45, 7) is -2.34. The molecule has 0 radical (unpaired) electrons. The van der Waals surface area contributed by atoms with Crippen molar-refractivity contribution in [1.29, 1.82) is 0 Å². The van der Waals surface area contributed by atoms with E-state index in [4.69, 9.17) is 15.3 Å². The zero-order valence-electron chi connectivity index (χ0n) is 22.6. The van der Waals surface area contributed by atoms with E-state index in [0.29, 0.717) is 0 Å². The average Bonchev–Trinajstić information content (AvgIpc) is 2.80. The van der Waals surface area contributed by atoms with Crippen LogP contribution in [0.3, 0.4) is 0 Å². The van der Waals surface area contributed by atoms with E-state index in [1.165, 1.54) is 0 Å². The Bertz CT molecular complexity index is 755. The van der Waals surface area contributed by atoms with Crippen LogP contribution in [0.4, 0.5) is 0 Å². The minimum atomic E-state index is -1.39. The Kier molecular flexibility index (Phi) is 45.6. The van der Waals surface area contributed by atoms with Gasteiger partial charge in [-0.2, -0.15) is 14.7 Å². The van der Waals surface area contributed by atoms with Gasteiger partial charge < -0.3 is 45.0 Å². The first kappa shape index (κ1) is 53.3. The van der Waals surface area contributed by atoms with E-state index < -0.39 is 112 Å². The minimum absolute atomic E-state index is 0. The van der Waals surface area contributed by atoms with Crippen LogP contribution in [0.5, 0.6) is 0 Å². The third kappa shape index (κ3) is 54.8. The third-order valence-electron chi connectivity index (χ3n) is 2.60. The maximum absolute atomic E-state index is 10.5. The molecule has 0 saturated heterocycles. The quantitative estimate of drug-likeness (QED) is 0.0699. The fourth-order valence-corrected chi connectivity index (χ4v) is 1.17. The maximum Gasteiger partial charge on any atom is 1.00 e. The molecule has 0 atom stereocenters. The molecule has 42 heavy (non-hydrogen) atoms. The zero-order chi connectivity index (χ0) is 30.8. The van der Waals surface area contributed by atoms with Crippen LogP contribution in [0.15, 0.2) is 0 Å². The number of aliphatic carboxylic acids is 6. The van der Waals surface area contributed by atoms with Crippen LogP contribution < -0.4 is 126 Å². The van der Waals surface area contributed by atoms with Gasteiger partial charge >= 0.3 is 146 Å². The number of rotatable bonds is 18. The molecule has 0 aliphatic heterocycles. The molecule has 0 fully saturated rings. The second kappa shape index (κ2) is 35.9. The molecule has 3 N–H and O–H groups in total. The average molecular weight is 658 g/mol. The molecule has 0 aliphatic rings. The molecule has 0 rings (SSSR count). The SMILES string of the molecule is O=C([O-])CCC(=O)OOCC(=O)O.O=C([O-])CCC(=O)OOCC(=O)O.O=C([O-])CCC(=O)OOCC(=O)O.[K+].[Na+].[Na+]. The second-order valence-electron chi connectivity index (χ2n) is 5.95. The van der Waals surface area contributed by atoms with Crippen LogP contribution in [-0.4, -0.2) is 88.9 Å². The van der Waals surface area contributed by atoms with Crippen LogP contribution in [0.25, 0.3) is 0 Å². The predicted molar refractivity (Wildman–Crippen MR) is 102 cm³/mol. The fraction of sp³-hybridized carbons (Fsp3) is 0.500. The first-order chi connectivity index (χ1) is 18.1. The minimum Gasteiger partial charge on any atom is -0.550 e. The number of hydrogen-bond acceptors (Lipinski definition) is 18. The molecule has 0 bridgehead atoms. The molecule has 21 nitrogen and oxygen atoms in total. The van der Waals surface area contributed by atoms with Crippen molar-refractivity contribution in [3.05, 3.63) is 0 Å². The van der Waals surface area contributed by atoms with Crippen molar-refractivity contribution in [2.75, 3.05) is 19.8 Å². The summed E-state index contributed by atoms with van der Waals surface area (Å²) in [6, 6.07) is 0. The van der Waals surface area contributed by atoms with Crippen LogP contribution in [0, 0.1) is 0 Å². The van der Waals surface area contributed by atoms with Crippen LogP contribution >= 0.6 is 0 Å². The van der Waals surface area contributed by atoms with Crippen molar-refractivity contribution in [2.45, 2.75) is 38.5 Å². The molecule has 0 aromatic carbocycles. The number of carbonyl (C=O) groups is 9. The number of carboxylic acid groups (broad SMARTS) is 6. The molecule has 0 saturated carbocycles. The van der Waals surface area contributed by atoms with Crippen molar-refractivity contribution < 1.29 is 214 Å². The van der Waals surface area contributed by atoms with E-state index in [1.807, 2.05) is 0 Å². The summed E-state index contributed by atoms with van der Waals surface area (Å²) < 4.78 is 0. The van der Waals surface area contributed by atoms with Crippen molar-refractivity contribution in [3.63, 3.8) is 0 Å². The Morgan fingerprint density at radius 2 is 0.619 bits per heavy atom. The van der Waals surface area contributed by atoms with Crippen LogP contribution in [0.2, 0.25) is 0 Å². The van der Waals surface area contributed by atoms with Crippen LogP contribution in [0.1, 0.15) is 38.5 Å². The summed E-state index contributed by atoms with van der Waals surface area (Å²) in [5, 5.41) is 53.6. The summed E-state index contributed by atoms with van der Waals surface area (Å²) in [5.41, 5.74) is 0. The standard InChI is InChI=1S/3C6H8O7.K.2Na/c3*7-4(8)1-2-6(11)13-12-3-5(9)10;;;/h3*1-3H2,(H,7,8)(H,9,10);;;/q;;;3*+1/p-3. The molecule has 0 aliphatic carbocycles. The smallest absolute Gasteiger partial charge is 0.550 e. The van der Waals surface area contributed by atoms with Gasteiger partial charge in [0, 0.05) is 17.9 Å². The molecule has 0 aromatic rings. The van der Waals surface area contributed by atoms with Gasteiger partial charge in [0.2, 0.25) is 0 Å². The van der Waals surface area contributed by atoms with E-state index in [9.17, 15) is 58.5 Å². The molecular formula is C18H21KNa2O21. The summed E-state index contributed by atoms with van der Waals surface area (Å²) >= 11 is 0. The summed E-state index contributed by atoms with van der Waals surface area (Å²) in [4.78, 5) is 114. The molecule has 222 valence electrons. The second-order valence-corrected chi connectivity index (χ2v) is 5.95. The first-order valence-corrected chi connectivity index (χ1v) is 9.78. The summed E-state index contributed by atoms with van der Waals surface area (Å²) in [7, 11) is 0. The van der Waals surface area contributed by atoms with Gasteiger partial charge in [0.15, 0.2) is 19.8 Å². The van der Waals surface area contributed by atoms with Crippen molar-refractivity contribution in [1.82, 2.24) is 0 Å².